The van der Waals surface area contributed by atoms with Crippen molar-refractivity contribution in [3.8, 4) is 11.3 Å². The highest BCUT2D eigenvalue weighted by Crippen LogP contribution is 2.31. The highest BCUT2D eigenvalue weighted by molar-refractivity contribution is 6.31. The summed E-state index contributed by atoms with van der Waals surface area (Å²) in [7, 11) is 0. The average molecular weight is 338 g/mol. The van der Waals surface area contributed by atoms with Gasteiger partial charge in [0.2, 0.25) is 0 Å². The summed E-state index contributed by atoms with van der Waals surface area (Å²) in [5.41, 5.74) is 1.68. The Hall–Kier alpha value is -2.36. The predicted molar refractivity (Wildman–Crippen MR) is 80.6 cm³/mol. The van der Waals surface area contributed by atoms with Gasteiger partial charge in [0, 0.05) is 12.1 Å². The number of halogens is 2. The first-order chi connectivity index (χ1) is 11.0. The van der Waals surface area contributed by atoms with Gasteiger partial charge in [0.15, 0.2) is 0 Å². The number of hydrogen-bond acceptors (Lipinski definition) is 5. The second-order valence-corrected chi connectivity index (χ2v) is 5.42. The van der Waals surface area contributed by atoms with E-state index in [0.717, 1.165) is 0 Å². The molecule has 0 saturated heterocycles. The van der Waals surface area contributed by atoms with E-state index in [4.69, 9.17) is 23.3 Å². The van der Waals surface area contributed by atoms with E-state index in [-0.39, 0.29) is 10.6 Å². The van der Waals surface area contributed by atoms with Crippen LogP contribution in [0.4, 0.5) is 4.39 Å². The lowest BCUT2D eigenvalue weighted by Crippen LogP contribution is -2.39. The number of aromatic nitrogens is 2. The van der Waals surface area contributed by atoms with E-state index in [2.05, 4.69) is 15.4 Å². The lowest BCUT2D eigenvalue weighted by Gasteiger charge is -2.23. The minimum atomic E-state index is -0.639. The number of hydrazine groups is 1. The third-order valence-electron chi connectivity index (χ3n) is 3.57. The lowest BCUT2D eigenvalue weighted by atomic mass is 10.0. The standard InChI is InChI=1S/C13H13ClFN7O/c14-8-5-7(1-2-9(8)15)12-11(13(23)18-20-16)10-6-21(17)3-4-22(10)19-12/h1-2,5H,3-4,6,17H2,(H2,16,18,23). The smallest absolute Gasteiger partial charge is 0.301 e. The minimum absolute atomic E-state index is 0.0622. The zero-order valence-corrected chi connectivity index (χ0v) is 12.7. The Balaban J connectivity index is 2.19. The maximum atomic E-state index is 13.4. The molecule has 0 aliphatic carbocycles. The number of nitrogens with zero attached hydrogens (tertiary/aromatic N) is 5. The van der Waals surface area contributed by atoms with Crippen molar-refractivity contribution >= 4 is 17.5 Å². The Labute approximate surface area is 135 Å². The van der Waals surface area contributed by atoms with Crippen LogP contribution in [0.5, 0.6) is 0 Å². The van der Waals surface area contributed by atoms with Gasteiger partial charge in [-0.1, -0.05) is 21.9 Å². The van der Waals surface area contributed by atoms with Crippen LogP contribution in [0.2, 0.25) is 5.02 Å². The van der Waals surface area contributed by atoms with E-state index >= 15 is 0 Å². The van der Waals surface area contributed by atoms with Crippen LogP contribution in [0.15, 0.2) is 28.5 Å². The van der Waals surface area contributed by atoms with E-state index < -0.39 is 11.7 Å². The molecule has 3 rings (SSSR count). The third-order valence-corrected chi connectivity index (χ3v) is 3.85. The summed E-state index contributed by atoms with van der Waals surface area (Å²) in [5.74, 6) is 9.60. The van der Waals surface area contributed by atoms with Crippen molar-refractivity contribution in [1.82, 2.24) is 14.8 Å². The fraction of sp³-hybridized carbons (Fsp3) is 0.231. The van der Waals surface area contributed by atoms with Crippen molar-refractivity contribution < 1.29 is 9.18 Å². The van der Waals surface area contributed by atoms with Crippen molar-refractivity contribution in [3.63, 3.8) is 0 Å². The molecule has 1 amide bonds. The second kappa shape index (κ2) is 6.03. The van der Waals surface area contributed by atoms with Crippen molar-refractivity contribution in [2.45, 2.75) is 13.1 Å². The molecule has 0 bridgehead atoms. The molecular formula is C13H13ClFN7O. The van der Waals surface area contributed by atoms with Gasteiger partial charge in [0.05, 0.1) is 29.4 Å². The van der Waals surface area contributed by atoms with E-state index in [1.54, 1.807) is 9.69 Å². The second-order valence-electron chi connectivity index (χ2n) is 5.01. The normalized spacial score (nSPS) is 15.1. The van der Waals surface area contributed by atoms with Crippen LogP contribution in [-0.4, -0.2) is 27.2 Å². The highest BCUT2D eigenvalue weighted by Gasteiger charge is 2.28. The summed E-state index contributed by atoms with van der Waals surface area (Å²) < 4.78 is 15.1. The van der Waals surface area contributed by atoms with Gasteiger partial charge in [-0.25, -0.2) is 9.40 Å². The first-order valence-corrected chi connectivity index (χ1v) is 7.09. The monoisotopic (exact) mass is 337 g/mol. The molecule has 2 heterocycles. The van der Waals surface area contributed by atoms with Crippen LogP contribution < -0.4 is 11.7 Å². The van der Waals surface area contributed by atoms with Crippen molar-refractivity contribution in [2.24, 2.45) is 22.0 Å². The molecular weight excluding hydrogens is 325 g/mol. The number of hydrogen-bond donors (Lipinski definition) is 2. The van der Waals surface area contributed by atoms with Crippen LogP contribution in [-0.2, 0) is 13.1 Å². The van der Waals surface area contributed by atoms with Gasteiger partial charge < -0.3 is 5.84 Å². The maximum absolute atomic E-state index is 13.4. The summed E-state index contributed by atoms with van der Waals surface area (Å²) in [5, 5.41) is 12.3. The molecule has 1 aliphatic heterocycles. The molecule has 0 atom stereocenters. The first kappa shape index (κ1) is 15.5. The molecule has 120 valence electrons. The molecule has 1 aliphatic rings. The number of nitrogens with two attached hydrogens (primary N) is 2. The summed E-state index contributed by atoms with van der Waals surface area (Å²) in [6, 6.07) is 4.11. The molecule has 0 spiro atoms. The van der Waals surface area contributed by atoms with Crippen molar-refractivity contribution in [2.75, 3.05) is 6.54 Å². The molecule has 0 radical (unpaired) electrons. The van der Waals surface area contributed by atoms with Gasteiger partial charge >= 0.3 is 5.91 Å². The molecule has 0 fully saturated rings. The molecule has 4 N–H and O–H groups in total. The Morgan fingerprint density at radius 1 is 1.39 bits per heavy atom. The molecule has 1 aromatic carbocycles. The number of fused-ring (bicyclic) bond motifs is 1. The van der Waals surface area contributed by atoms with E-state index in [1.165, 1.54) is 18.2 Å². The predicted octanol–water partition coefficient (Wildman–Crippen LogP) is 1.50. The topological polar surface area (TPSA) is 115 Å². The largest absolute Gasteiger partial charge is 0.304 e. The van der Waals surface area contributed by atoms with E-state index in [9.17, 15) is 9.18 Å². The molecule has 8 nitrogen and oxygen atoms in total. The van der Waals surface area contributed by atoms with Gasteiger partial charge in [-0.05, 0) is 18.2 Å². The summed E-state index contributed by atoms with van der Waals surface area (Å²) in [4.78, 5) is 12.3. The summed E-state index contributed by atoms with van der Waals surface area (Å²) in [6.07, 6.45) is 0. The van der Waals surface area contributed by atoms with Gasteiger partial charge in [-0.15, -0.1) is 0 Å². The van der Waals surface area contributed by atoms with Gasteiger partial charge in [-0.2, -0.15) is 5.10 Å². The quantitative estimate of drug-likeness (QED) is 0.489. The number of benzene rings is 1. The summed E-state index contributed by atoms with van der Waals surface area (Å²) >= 11 is 5.82. The van der Waals surface area contributed by atoms with Crippen LogP contribution >= 0.6 is 11.6 Å². The average Bonchev–Trinajstić information content (AvgIpc) is 2.88. The fourth-order valence-electron chi connectivity index (χ4n) is 2.51. The SMILES string of the molecule is NN=NC(=O)c1c(-c2ccc(F)c(Cl)c2)nn2c1CN(N)CC2. The van der Waals surface area contributed by atoms with Crippen LogP contribution in [0.3, 0.4) is 0 Å². The highest BCUT2D eigenvalue weighted by atomic mass is 35.5. The molecule has 1 aromatic heterocycles. The van der Waals surface area contributed by atoms with E-state index in [1.807, 2.05) is 0 Å². The molecule has 0 unspecified atom stereocenters. The Morgan fingerprint density at radius 3 is 2.87 bits per heavy atom. The zero-order valence-electron chi connectivity index (χ0n) is 11.9. The fourth-order valence-corrected chi connectivity index (χ4v) is 2.69. The number of carbonyl (C=O) groups excluding carboxylic acids is 1. The van der Waals surface area contributed by atoms with E-state index in [0.29, 0.717) is 36.6 Å². The van der Waals surface area contributed by atoms with Crippen molar-refractivity contribution in [3.05, 3.63) is 40.3 Å². The summed E-state index contributed by atoms with van der Waals surface area (Å²) in [6.45, 7) is 1.42. The Kier molecular flexibility index (Phi) is 4.07. The Bertz CT molecular complexity index is 804. The first-order valence-electron chi connectivity index (χ1n) is 6.71. The minimum Gasteiger partial charge on any atom is -0.304 e. The lowest BCUT2D eigenvalue weighted by molar-refractivity contribution is 0.0990. The zero-order chi connectivity index (χ0) is 16.6. The molecule has 23 heavy (non-hydrogen) atoms. The number of rotatable bonds is 2. The van der Waals surface area contributed by atoms with Crippen LogP contribution in [0.1, 0.15) is 16.1 Å². The van der Waals surface area contributed by atoms with Gasteiger partial charge in [0.25, 0.3) is 0 Å². The van der Waals surface area contributed by atoms with Crippen molar-refractivity contribution in [1.29, 1.82) is 0 Å². The maximum Gasteiger partial charge on any atom is 0.301 e. The molecule has 2 aromatic rings. The number of amides is 1. The number of carbonyl (C=O) groups is 1. The van der Waals surface area contributed by atoms with Crippen LogP contribution in [0.25, 0.3) is 11.3 Å². The van der Waals surface area contributed by atoms with Crippen LogP contribution in [0, 0.1) is 5.82 Å². The Morgan fingerprint density at radius 2 is 2.17 bits per heavy atom. The molecule has 10 heteroatoms. The third kappa shape index (κ3) is 2.81. The van der Waals surface area contributed by atoms with Gasteiger partial charge in [0.1, 0.15) is 11.5 Å². The molecule has 0 saturated carbocycles. The van der Waals surface area contributed by atoms with Gasteiger partial charge in [-0.3, -0.25) is 15.3 Å².